The van der Waals surface area contributed by atoms with Crippen molar-refractivity contribution in [2.24, 2.45) is 0 Å². The zero-order chi connectivity index (χ0) is 7.33. The standard InChI is InChI=1S/C4H8N2/c1-6-4-2-3-5/h6H,2,4H2,1H3/i1D3. The number of nitriles is 1. The Kier molecular flexibility index (Phi) is 1.44. The predicted molar refractivity (Wildman–Crippen MR) is 24.2 cm³/mol. The fourth-order valence-corrected chi connectivity index (χ4v) is 0.118. The molecular weight excluding hydrogens is 76.1 g/mol. The van der Waals surface area contributed by atoms with Gasteiger partial charge in [-0.25, -0.2) is 0 Å². The van der Waals surface area contributed by atoms with E-state index >= 15 is 0 Å². The molecule has 0 unspecified atom stereocenters. The van der Waals surface area contributed by atoms with Crippen LogP contribution in [0.15, 0.2) is 0 Å². The van der Waals surface area contributed by atoms with Gasteiger partial charge in [0.1, 0.15) is 0 Å². The van der Waals surface area contributed by atoms with Gasteiger partial charge in [0, 0.05) is 17.1 Å². The van der Waals surface area contributed by atoms with Gasteiger partial charge in [-0.05, 0) is 6.98 Å². The normalized spacial score (nSPS) is 16.8. The van der Waals surface area contributed by atoms with Crippen LogP contribution in [0.5, 0.6) is 0 Å². The maximum atomic E-state index is 7.99. The van der Waals surface area contributed by atoms with Crippen LogP contribution in [-0.4, -0.2) is 13.5 Å². The molecule has 0 rings (SSSR count). The molecule has 0 aliphatic carbocycles. The van der Waals surface area contributed by atoms with Gasteiger partial charge < -0.3 is 5.32 Å². The Morgan fingerprint density at radius 1 is 2.17 bits per heavy atom. The van der Waals surface area contributed by atoms with Crippen LogP contribution < -0.4 is 5.32 Å². The van der Waals surface area contributed by atoms with Crippen molar-refractivity contribution in [1.29, 1.82) is 5.26 Å². The molecular formula is C4H8N2. The van der Waals surface area contributed by atoms with E-state index < -0.39 is 6.98 Å². The summed E-state index contributed by atoms with van der Waals surface area (Å²) in [6, 6.07) is 1.83. The average Bonchev–Trinajstić information content (AvgIpc) is 1.63. The van der Waals surface area contributed by atoms with E-state index in [9.17, 15) is 0 Å². The SMILES string of the molecule is [2H]C([2H])([2H])NCCC#N. The number of hydrogen-bond acceptors (Lipinski definition) is 2. The van der Waals surface area contributed by atoms with Crippen LogP contribution in [0.4, 0.5) is 0 Å². The Labute approximate surface area is 42.0 Å². The lowest BCUT2D eigenvalue weighted by Crippen LogP contribution is -2.05. The molecule has 1 N–H and O–H groups in total. The summed E-state index contributed by atoms with van der Waals surface area (Å²) in [4.78, 5) is 0. The minimum absolute atomic E-state index is 0.229. The van der Waals surface area contributed by atoms with Gasteiger partial charge in [-0.2, -0.15) is 5.26 Å². The van der Waals surface area contributed by atoms with E-state index in [0.717, 1.165) is 0 Å². The smallest absolute Gasteiger partial charge is 0.0635 e. The van der Waals surface area contributed by atoms with Crippen LogP contribution in [0.25, 0.3) is 0 Å². The van der Waals surface area contributed by atoms with Crippen LogP contribution >= 0.6 is 0 Å². The van der Waals surface area contributed by atoms with Gasteiger partial charge in [0.25, 0.3) is 0 Å². The first kappa shape index (κ1) is 1.94. The molecule has 6 heavy (non-hydrogen) atoms. The van der Waals surface area contributed by atoms with Gasteiger partial charge in [-0.15, -0.1) is 0 Å². The van der Waals surface area contributed by atoms with E-state index in [1.54, 1.807) is 0 Å². The molecule has 0 aromatic rings. The van der Waals surface area contributed by atoms with E-state index in [-0.39, 0.29) is 13.0 Å². The van der Waals surface area contributed by atoms with Gasteiger partial charge in [-0.1, -0.05) is 0 Å². The molecule has 34 valence electrons. The van der Waals surface area contributed by atoms with E-state index in [4.69, 9.17) is 9.37 Å². The highest BCUT2D eigenvalue weighted by Gasteiger charge is 1.71. The van der Waals surface area contributed by atoms with Crippen molar-refractivity contribution < 1.29 is 4.11 Å². The number of nitrogens with one attached hydrogen (secondary N) is 1. The second kappa shape index (κ2) is 4.45. The van der Waals surface area contributed by atoms with Crippen molar-refractivity contribution in [3.8, 4) is 6.07 Å². The lowest BCUT2D eigenvalue weighted by Gasteiger charge is -1.82. The van der Waals surface area contributed by atoms with Crippen LogP contribution in [0, 0.1) is 11.3 Å². The summed E-state index contributed by atoms with van der Waals surface area (Å²) in [7, 11) is 0. The van der Waals surface area contributed by atoms with E-state index in [1.165, 1.54) is 0 Å². The number of nitrogens with zero attached hydrogens (tertiary/aromatic N) is 1. The zero-order valence-electron chi connectivity index (χ0n) is 6.36. The van der Waals surface area contributed by atoms with Crippen LogP contribution in [0.1, 0.15) is 10.5 Å². The van der Waals surface area contributed by atoms with Gasteiger partial charge in [0.05, 0.1) is 6.07 Å². The number of rotatable bonds is 2. The maximum absolute atomic E-state index is 7.99. The Hall–Kier alpha value is -0.550. The summed E-state index contributed by atoms with van der Waals surface area (Å²) < 4.78 is 19.9. The molecule has 0 heterocycles. The molecule has 0 aliphatic rings. The summed E-state index contributed by atoms with van der Waals surface area (Å²) in [5.74, 6) is 0. The Morgan fingerprint density at radius 2 is 3.00 bits per heavy atom. The molecule has 0 spiro atoms. The fraction of sp³-hybridized carbons (Fsp3) is 0.750. The minimum atomic E-state index is -2.10. The number of hydrogen-bond donors (Lipinski definition) is 1. The van der Waals surface area contributed by atoms with Gasteiger partial charge in [-0.3, -0.25) is 0 Å². The molecule has 0 atom stereocenters. The topological polar surface area (TPSA) is 35.8 Å². The molecule has 0 aliphatic heterocycles. The van der Waals surface area contributed by atoms with Crippen LogP contribution in [0.2, 0.25) is 0 Å². The minimum Gasteiger partial charge on any atom is -0.319 e. The molecule has 0 saturated heterocycles. The predicted octanol–water partition coefficient (Wildman–Crippen LogP) is 0.119. The maximum Gasteiger partial charge on any atom is 0.0635 e. The third-order valence-electron chi connectivity index (χ3n) is 0.362. The lowest BCUT2D eigenvalue weighted by atomic mass is 10.5. The first-order valence-electron chi connectivity index (χ1n) is 3.18. The molecule has 0 bridgehead atoms. The van der Waals surface area contributed by atoms with Crippen LogP contribution in [0.3, 0.4) is 0 Å². The van der Waals surface area contributed by atoms with Crippen molar-refractivity contribution in [2.75, 3.05) is 13.5 Å². The van der Waals surface area contributed by atoms with Gasteiger partial charge in [0.2, 0.25) is 0 Å². The van der Waals surface area contributed by atoms with Crippen LogP contribution in [-0.2, 0) is 0 Å². The molecule has 0 amide bonds. The first-order valence-corrected chi connectivity index (χ1v) is 1.68. The lowest BCUT2D eigenvalue weighted by molar-refractivity contribution is 0.813. The summed E-state index contributed by atoms with van der Waals surface area (Å²) in [6.45, 7) is -1.87. The molecule has 2 nitrogen and oxygen atoms in total. The molecule has 0 aromatic heterocycles. The molecule has 0 radical (unpaired) electrons. The van der Waals surface area contributed by atoms with Crippen molar-refractivity contribution in [1.82, 2.24) is 5.32 Å². The van der Waals surface area contributed by atoms with E-state index in [0.29, 0.717) is 0 Å². The molecule has 2 heteroatoms. The van der Waals surface area contributed by atoms with Gasteiger partial charge >= 0.3 is 0 Å². The summed E-state index contributed by atoms with van der Waals surface area (Å²) >= 11 is 0. The summed E-state index contributed by atoms with van der Waals surface area (Å²) in [5.41, 5.74) is 0. The third-order valence-corrected chi connectivity index (χ3v) is 0.362. The average molecular weight is 87.1 g/mol. The quantitative estimate of drug-likeness (QED) is 0.485. The van der Waals surface area contributed by atoms with Crippen molar-refractivity contribution in [2.45, 2.75) is 6.42 Å². The molecule has 0 saturated carbocycles. The highest BCUT2D eigenvalue weighted by atomic mass is 14.8. The Morgan fingerprint density at radius 3 is 3.50 bits per heavy atom. The zero-order valence-corrected chi connectivity index (χ0v) is 3.36. The Bertz CT molecular complexity index is 112. The molecule has 0 fully saturated rings. The highest BCUT2D eigenvalue weighted by Crippen LogP contribution is 1.63. The summed E-state index contributed by atoms with van der Waals surface area (Å²) in [5, 5.41) is 10.2. The monoisotopic (exact) mass is 87.1 g/mol. The largest absolute Gasteiger partial charge is 0.319 e. The Balaban J connectivity index is 3.20. The van der Waals surface area contributed by atoms with Crippen molar-refractivity contribution in [3.05, 3.63) is 0 Å². The first-order chi connectivity index (χ1) is 4.06. The van der Waals surface area contributed by atoms with E-state index in [2.05, 4.69) is 5.32 Å². The highest BCUT2D eigenvalue weighted by molar-refractivity contribution is 4.68. The second-order valence-corrected chi connectivity index (χ2v) is 0.835. The van der Waals surface area contributed by atoms with Crippen molar-refractivity contribution >= 4 is 0 Å². The third kappa shape index (κ3) is 3.45. The molecule has 0 aromatic carbocycles. The second-order valence-electron chi connectivity index (χ2n) is 0.835. The van der Waals surface area contributed by atoms with Gasteiger partial charge in [0.15, 0.2) is 0 Å². The fourth-order valence-electron chi connectivity index (χ4n) is 0.118. The summed E-state index contributed by atoms with van der Waals surface area (Å²) in [6.07, 6.45) is 0.235. The van der Waals surface area contributed by atoms with E-state index in [1.807, 2.05) is 6.07 Å². The van der Waals surface area contributed by atoms with Crippen molar-refractivity contribution in [3.63, 3.8) is 0 Å².